The first-order valence-electron chi connectivity index (χ1n) is 12.4. The molecule has 0 aliphatic carbocycles. The molecule has 1 aromatic carbocycles. The smallest absolute Gasteiger partial charge is 0.267 e. The van der Waals surface area contributed by atoms with Gasteiger partial charge in [-0.2, -0.15) is 0 Å². The number of ether oxygens (including phenoxy) is 1. The van der Waals surface area contributed by atoms with Crippen molar-refractivity contribution in [2.24, 2.45) is 17.6 Å². The van der Waals surface area contributed by atoms with Crippen molar-refractivity contribution >= 4 is 42.1 Å². The first kappa shape index (κ1) is 26.0. The Morgan fingerprint density at radius 3 is 2.54 bits per heavy atom. The zero-order valence-electron chi connectivity index (χ0n) is 20.6. The lowest BCUT2D eigenvalue weighted by Gasteiger charge is -2.34. The first-order chi connectivity index (χ1) is 16.7. The zero-order valence-corrected chi connectivity index (χ0v) is 22.7. The molecule has 35 heavy (non-hydrogen) atoms. The van der Waals surface area contributed by atoms with Crippen LogP contribution in [0.1, 0.15) is 45.1 Å². The molecule has 3 heterocycles. The molecule has 0 bridgehead atoms. The minimum atomic E-state index is -1.15. The fraction of sp³-hybridized carbons (Fsp3) is 0.556. The van der Waals surface area contributed by atoms with E-state index in [1.54, 1.807) is 18.7 Å². The Hall–Kier alpha value is -2.03. The van der Waals surface area contributed by atoms with Crippen LogP contribution in [-0.4, -0.2) is 70.6 Å². The molecular weight excluding hydrogens is 560 g/mol. The molecule has 4 rings (SSSR count). The molecule has 0 aromatic heterocycles. The lowest BCUT2D eigenvalue weighted by molar-refractivity contribution is -0.130. The van der Waals surface area contributed by atoms with Crippen molar-refractivity contribution in [2.45, 2.75) is 45.2 Å². The average Bonchev–Trinajstić information content (AvgIpc) is 3.33. The number of piperidine rings is 2. The normalized spacial score (nSPS) is 21.8. The summed E-state index contributed by atoms with van der Waals surface area (Å²) in [6, 6.07) is 7.97. The van der Waals surface area contributed by atoms with Crippen LogP contribution < -0.4 is 10.5 Å². The highest BCUT2D eigenvalue weighted by Crippen LogP contribution is 2.30. The van der Waals surface area contributed by atoms with E-state index in [0.717, 1.165) is 59.2 Å². The van der Waals surface area contributed by atoms with E-state index in [4.69, 9.17) is 10.5 Å². The summed E-state index contributed by atoms with van der Waals surface area (Å²) in [4.78, 5) is 28.5. The predicted octanol–water partition coefficient (Wildman–Crippen LogP) is 3.90. The Morgan fingerprint density at radius 2 is 1.89 bits per heavy atom. The third-order valence-corrected chi connectivity index (χ3v) is 9.06. The van der Waals surface area contributed by atoms with Gasteiger partial charge in [-0.1, -0.05) is 38.6 Å². The van der Waals surface area contributed by atoms with Gasteiger partial charge >= 0.3 is 0 Å². The molecule has 1 atom stereocenters. The Labute approximate surface area is 217 Å². The monoisotopic (exact) mass is 595 g/mol. The molecule has 2 amide bonds. The maximum Gasteiger partial charge on any atom is 0.267 e. The van der Waals surface area contributed by atoms with Crippen molar-refractivity contribution in [3.05, 3.63) is 39.1 Å². The number of alkyl halides is 1. The third kappa shape index (κ3) is 7.24. The summed E-state index contributed by atoms with van der Waals surface area (Å²) in [7, 11) is 0. The predicted molar refractivity (Wildman–Crippen MR) is 145 cm³/mol. The Balaban J connectivity index is 1.29. The van der Waals surface area contributed by atoms with Gasteiger partial charge in [0.15, 0.2) is 0 Å². The number of nitrogens with zero attached hydrogens (tertiary/aromatic N) is 2. The number of carbonyl (C=O) groups excluding carboxylic acids is 2. The van der Waals surface area contributed by atoms with Gasteiger partial charge in [0.25, 0.3) is 5.91 Å². The minimum absolute atomic E-state index is 0.00363. The summed E-state index contributed by atoms with van der Waals surface area (Å²) in [5.41, 5.74) is 9.61. The van der Waals surface area contributed by atoms with Crippen LogP contribution in [-0.2, 0) is 9.59 Å². The standard InChI is InChI=1S/C27H35FIN3O3/c1-27(2,28)18-31-12-9-19(10-13-31)17-35-23-7-5-20(6-8-23)22-14-24(29-15-22)26(34)32-11-3-4-21(16-32)25(30)33/h5-8,15,19,21H,3-4,9-13,16-18H2,1-2H3,(H2,30,33). The summed E-state index contributed by atoms with van der Waals surface area (Å²) in [5.74, 6) is 0.748. The molecule has 0 saturated carbocycles. The molecular formula is C27H35FIN3O3. The molecule has 3 aliphatic rings. The summed E-state index contributed by atoms with van der Waals surface area (Å²) in [6.07, 6.45) is 3.62. The van der Waals surface area contributed by atoms with Gasteiger partial charge in [-0.25, -0.2) is 4.39 Å². The van der Waals surface area contributed by atoms with Gasteiger partial charge in [0.05, 0.1) is 12.5 Å². The van der Waals surface area contributed by atoms with E-state index in [9.17, 15) is 14.0 Å². The van der Waals surface area contributed by atoms with Crippen molar-refractivity contribution in [3.63, 3.8) is 0 Å². The Bertz CT molecular complexity index is 1030. The van der Waals surface area contributed by atoms with Gasteiger partial charge in [-0.15, -0.1) is 0 Å². The number of rotatable bonds is 8. The maximum absolute atomic E-state index is 13.9. The van der Waals surface area contributed by atoms with E-state index in [1.165, 1.54) is 0 Å². The Kier molecular flexibility index (Phi) is 8.45. The summed E-state index contributed by atoms with van der Waals surface area (Å²) in [5, 5.41) is 0. The van der Waals surface area contributed by atoms with Crippen LogP contribution in [0.4, 0.5) is 4.39 Å². The molecule has 8 heteroatoms. The molecule has 3 aliphatic heterocycles. The van der Waals surface area contributed by atoms with E-state index in [-0.39, 0.29) is 17.7 Å². The number of likely N-dealkylation sites (tertiary alicyclic amines) is 2. The molecule has 0 spiro atoms. The van der Waals surface area contributed by atoms with E-state index in [1.807, 2.05) is 24.3 Å². The topological polar surface area (TPSA) is 75.9 Å². The van der Waals surface area contributed by atoms with Gasteiger partial charge in [0.1, 0.15) is 15.0 Å². The van der Waals surface area contributed by atoms with Crippen molar-refractivity contribution in [3.8, 4) is 5.75 Å². The number of nitrogens with two attached hydrogens (primary N) is 1. The first-order valence-corrected chi connectivity index (χ1v) is 14.7. The van der Waals surface area contributed by atoms with E-state index in [0.29, 0.717) is 32.2 Å². The number of primary amides is 1. The molecule has 1 aromatic rings. The van der Waals surface area contributed by atoms with Crippen LogP contribution in [0.15, 0.2) is 33.6 Å². The number of carbonyl (C=O) groups is 2. The molecule has 2 saturated heterocycles. The van der Waals surface area contributed by atoms with E-state index in [2.05, 4.69) is 14.6 Å². The summed E-state index contributed by atoms with van der Waals surface area (Å²) in [6.45, 7) is 7.36. The van der Waals surface area contributed by atoms with Crippen LogP contribution in [0, 0.1) is 11.8 Å². The number of hydrogen-bond acceptors (Lipinski definition) is 4. The SMILES string of the molecule is CC(C)(F)CN1CCC(COc2ccc(C3=C=C(C(=O)N4CCCC(C(N)=O)C4)I=C3)cc2)CC1. The van der Waals surface area contributed by atoms with Crippen molar-refractivity contribution in [2.75, 3.05) is 39.3 Å². The molecule has 2 fully saturated rings. The quantitative estimate of drug-likeness (QED) is 0.366. The van der Waals surface area contributed by atoms with E-state index >= 15 is 0 Å². The van der Waals surface area contributed by atoms with Gasteiger partial charge in [-0.3, -0.25) is 9.59 Å². The molecule has 190 valence electrons. The third-order valence-electron chi connectivity index (χ3n) is 6.77. The average molecular weight is 595 g/mol. The highest BCUT2D eigenvalue weighted by Gasteiger charge is 2.29. The number of benzene rings is 1. The largest absolute Gasteiger partial charge is 0.493 e. The van der Waals surface area contributed by atoms with Crippen molar-refractivity contribution in [1.82, 2.24) is 9.80 Å². The van der Waals surface area contributed by atoms with Crippen LogP contribution in [0.5, 0.6) is 5.75 Å². The van der Waals surface area contributed by atoms with E-state index < -0.39 is 26.4 Å². The van der Waals surface area contributed by atoms with Crippen LogP contribution >= 0.6 is 20.7 Å². The van der Waals surface area contributed by atoms with Crippen molar-refractivity contribution in [1.29, 1.82) is 0 Å². The summed E-state index contributed by atoms with van der Waals surface area (Å²) >= 11 is -0.547. The number of halogens is 2. The lowest BCUT2D eigenvalue weighted by atomic mass is 9.97. The van der Waals surface area contributed by atoms with Crippen molar-refractivity contribution < 1.29 is 18.7 Å². The van der Waals surface area contributed by atoms with Gasteiger partial charge in [0.2, 0.25) is 5.91 Å². The molecule has 2 N–H and O–H groups in total. The molecule has 1 unspecified atom stereocenters. The second-order valence-electron chi connectivity index (χ2n) is 10.3. The maximum atomic E-state index is 13.9. The lowest BCUT2D eigenvalue weighted by Crippen LogP contribution is -2.44. The number of hydrogen-bond donors (Lipinski definition) is 1. The van der Waals surface area contributed by atoms with Gasteiger partial charge in [-0.05, 0) is 80.2 Å². The van der Waals surface area contributed by atoms with Crippen LogP contribution in [0.3, 0.4) is 0 Å². The number of amides is 2. The second kappa shape index (κ2) is 11.4. The van der Waals surface area contributed by atoms with Gasteiger partial charge < -0.3 is 20.3 Å². The van der Waals surface area contributed by atoms with Gasteiger partial charge in [0, 0.05) is 25.2 Å². The molecule has 6 nitrogen and oxygen atoms in total. The zero-order chi connectivity index (χ0) is 25.0. The second-order valence-corrected chi connectivity index (χ2v) is 12.7. The fourth-order valence-corrected chi connectivity index (χ4v) is 7.03. The van der Waals surface area contributed by atoms with Crippen LogP contribution in [0.25, 0.3) is 5.57 Å². The Morgan fingerprint density at radius 1 is 1.17 bits per heavy atom. The van der Waals surface area contributed by atoms with Crippen LogP contribution in [0.2, 0.25) is 0 Å². The highest BCUT2D eigenvalue weighted by molar-refractivity contribution is 14.2. The fourth-order valence-electron chi connectivity index (χ4n) is 4.84. The molecule has 0 radical (unpaired) electrons. The highest BCUT2D eigenvalue weighted by atomic mass is 127. The minimum Gasteiger partial charge on any atom is -0.493 e. The summed E-state index contributed by atoms with van der Waals surface area (Å²) < 4.78 is 22.8.